The molecule has 0 aliphatic carbocycles. The van der Waals surface area contributed by atoms with Gasteiger partial charge in [0.2, 0.25) is 0 Å². The van der Waals surface area contributed by atoms with E-state index in [0.717, 1.165) is 12.8 Å². The molecule has 3 atom stereocenters. The number of nitrogens with zero attached hydrogens (tertiary/aromatic N) is 1. The molecule has 0 saturated carbocycles. The van der Waals surface area contributed by atoms with E-state index in [1.54, 1.807) is 39.0 Å². The zero-order chi connectivity index (χ0) is 23.0. The van der Waals surface area contributed by atoms with Gasteiger partial charge in [0.25, 0.3) is 11.8 Å². The van der Waals surface area contributed by atoms with Crippen molar-refractivity contribution in [1.29, 1.82) is 0 Å². The van der Waals surface area contributed by atoms with Crippen LogP contribution in [0.5, 0.6) is 11.5 Å². The van der Waals surface area contributed by atoms with Gasteiger partial charge in [0.15, 0.2) is 0 Å². The van der Waals surface area contributed by atoms with Gasteiger partial charge in [0.1, 0.15) is 34.0 Å². The number of rotatable bonds is 9. The van der Waals surface area contributed by atoms with Crippen molar-refractivity contribution in [2.75, 3.05) is 13.2 Å². The van der Waals surface area contributed by atoms with Crippen LogP contribution in [0, 0.1) is 0 Å². The molecule has 2 saturated heterocycles. The van der Waals surface area contributed by atoms with Crippen LogP contribution in [-0.2, 0) is 9.59 Å². The average molecular weight is 451 g/mol. The van der Waals surface area contributed by atoms with E-state index in [1.807, 2.05) is 13.8 Å². The maximum absolute atomic E-state index is 13.4. The molecule has 2 heterocycles. The van der Waals surface area contributed by atoms with Gasteiger partial charge in [0, 0.05) is 4.75 Å². The Labute approximate surface area is 186 Å². The number of benzene rings is 1. The Morgan fingerprint density at radius 3 is 2.16 bits per heavy atom. The Bertz CT molecular complexity index is 863. The van der Waals surface area contributed by atoms with E-state index in [4.69, 9.17) is 9.47 Å². The highest BCUT2D eigenvalue weighted by Gasteiger charge is 2.70. The molecule has 0 unspecified atom stereocenters. The van der Waals surface area contributed by atoms with Crippen molar-refractivity contribution in [3.05, 3.63) is 23.8 Å². The molecule has 0 radical (unpaired) electrons. The summed E-state index contributed by atoms with van der Waals surface area (Å²) in [6, 6.07) is 4.23. The van der Waals surface area contributed by atoms with Crippen LogP contribution in [0.25, 0.3) is 0 Å². The van der Waals surface area contributed by atoms with Gasteiger partial charge in [-0.05, 0) is 45.7 Å². The highest BCUT2D eigenvalue weighted by Crippen LogP contribution is 2.54. The highest BCUT2D eigenvalue weighted by atomic mass is 32.2. The van der Waals surface area contributed by atoms with Gasteiger partial charge in [-0.15, -0.1) is 11.8 Å². The molecular weight excluding hydrogens is 420 g/mol. The van der Waals surface area contributed by atoms with Gasteiger partial charge >= 0.3 is 5.97 Å². The topological polar surface area (TPSA) is 105 Å². The van der Waals surface area contributed by atoms with Crippen LogP contribution in [0.1, 0.15) is 57.8 Å². The fourth-order valence-electron chi connectivity index (χ4n) is 4.04. The molecule has 0 spiro atoms. The zero-order valence-electron chi connectivity index (χ0n) is 18.6. The van der Waals surface area contributed by atoms with Gasteiger partial charge in [-0.3, -0.25) is 9.59 Å². The molecule has 8 nitrogen and oxygen atoms in total. The number of aliphatic carboxylic acids is 1. The smallest absolute Gasteiger partial charge is 0.327 e. The molecule has 2 amide bonds. The third-order valence-corrected chi connectivity index (χ3v) is 7.28. The molecule has 31 heavy (non-hydrogen) atoms. The number of carbonyl (C=O) groups excluding carboxylic acids is 2. The quantitative estimate of drug-likeness (QED) is 0.557. The summed E-state index contributed by atoms with van der Waals surface area (Å²) in [7, 11) is 0. The van der Waals surface area contributed by atoms with Crippen molar-refractivity contribution in [3.63, 3.8) is 0 Å². The first-order valence-corrected chi connectivity index (χ1v) is 11.4. The lowest BCUT2D eigenvalue weighted by Crippen LogP contribution is -2.78. The van der Waals surface area contributed by atoms with Gasteiger partial charge in [0.05, 0.1) is 13.2 Å². The fourth-order valence-corrected chi connectivity index (χ4v) is 5.68. The Morgan fingerprint density at radius 2 is 1.68 bits per heavy atom. The number of nitrogens with one attached hydrogen (secondary N) is 1. The van der Waals surface area contributed by atoms with E-state index >= 15 is 0 Å². The molecule has 9 heteroatoms. The van der Waals surface area contributed by atoms with Gasteiger partial charge in [-0.25, -0.2) is 4.79 Å². The predicted octanol–water partition coefficient (Wildman–Crippen LogP) is 2.90. The third-order valence-electron chi connectivity index (χ3n) is 5.52. The second-order valence-electron chi connectivity index (χ2n) is 8.51. The number of fused-ring (bicyclic) bond motifs is 1. The summed E-state index contributed by atoms with van der Waals surface area (Å²) in [6.45, 7) is 10.1. The van der Waals surface area contributed by atoms with E-state index in [0.29, 0.717) is 24.7 Å². The minimum absolute atomic E-state index is 0.244. The monoisotopic (exact) mass is 450 g/mol. The summed E-state index contributed by atoms with van der Waals surface area (Å²) in [4.78, 5) is 39.5. The molecule has 0 bridgehead atoms. The van der Waals surface area contributed by atoms with Crippen LogP contribution in [0.15, 0.2) is 18.2 Å². The van der Waals surface area contributed by atoms with Gasteiger partial charge in [-0.1, -0.05) is 19.9 Å². The summed E-state index contributed by atoms with van der Waals surface area (Å²) >= 11 is 1.39. The second kappa shape index (κ2) is 8.61. The molecule has 3 rings (SSSR count). The first-order chi connectivity index (χ1) is 14.6. The minimum atomic E-state index is -1.22. The van der Waals surface area contributed by atoms with Crippen molar-refractivity contribution in [2.24, 2.45) is 0 Å². The van der Waals surface area contributed by atoms with E-state index in [1.165, 1.54) is 16.7 Å². The summed E-state index contributed by atoms with van der Waals surface area (Å²) in [5, 5.41) is 12.0. The van der Waals surface area contributed by atoms with Crippen LogP contribution in [0.4, 0.5) is 0 Å². The number of hydrogen-bond acceptors (Lipinski definition) is 6. The lowest BCUT2D eigenvalue weighted by atomic mass is 9.86. The molecule has 2 fully saturated rings. The lowest BCUT2D eigenvalue weighted by molar-refractivity contribution is -0.165. The molecule has 2 aliphatic heterocycles. The molecule has 0 aromatic heterocycles. The molecule has 170 valence electrons. The number of amides is 2. The molecule has 2 aliphatic rings. The van der Waals surface area contributed by atoms with Crippen LogP contribution >= 0.6 is 11.8 Å². The number of ether oxygens (including phenoxy) is 2. The molecule has 1 aromatic carbocycles. The SMILES string of the molecule is CCCOc1cccc(OCCC)c1C(=O)N[C@@]1(C)C(=O)N2[C@@H](C(=O)O)C(C)(C)S[C@@H]21. The number of carboxylic acid groups (broad SMARTS) is 1. The summed E-state index contributed by atoms with van der Waals surface area (Å²) in [5.74, 6) is -1.15. The standard InChI is InChI=1S/C22H30N2O6S/c1-6-11-29-13-9-8-10-14(30-12-7-2)15(13)17(25)23-22(5)19(28)24-16(18(26)27)21(3,4)31-20(22)24/h8-10,16,20H,6-7,11-12H2,1-5H3,(H,23,25)(H,26,27)/t16-,20+,22-/m0/s1. The van der Waals surface area contributed by atoms with Crippen LogP contribution < -0.4 is 14.8 Å². The van der Waals surface area contributed by atoms with E-state index in [-0.39, 0.29) is 5.56 Å². The maximum atomic E-state index is 13.4. The Balaban J connectivity index is 1.89. The summed E-state index contributed by atoms with van der Waals surface area (Å²) in [6.07, 6.45) is 1.55. The predicted molar refractivity (Wildman–Crippen MR) is 118 cm³/mol. The van der Waals surface area contributed by atoms with Gasteiger partial charge < -0.3 is 24.8 Å². The number of thioether (sulfide) groups is 1. The third kappa shape index (κ3) is 3.95. The molecular formula is C22H30N2O6S. The average Bonchev–Trinajstić information content (AvgIpc) is 2.99. The Morgan fingerprint density at radius 1 is 1.13 bits per heavy atom. The van der Waals surface area contributed by atoms with Crippen molar-refractivity contribution < 1.29 is 29.0 Å². The number of hydrogen-bond donors (Lipinski definition) is 2. The number of carbonyl (C=O) groups is 3. The van der Waals surface area contributed by atoms with Crippen LogP contribution in [0.2, 0.25) is 0 Å². The number of carboxylic acids is 1. The molecule has 1 aromatic rings. The van der Waals surface area contributed by atoms with Crippen LogP contribution in [0.3, 0.4) is 0 Å². The second-order valence-corrected chi connectivity index (χ2v) is 10.2. The van der Waals surface area contributed by atoms with E-state index in [9.17, 15) is 19.5 Å². The van der Waals surface area contributed by atoms with Crippen molar-refractivity contribution >= 4 is 29.5 Å². The normalized spacial score (nSPS) is 26.1. The fraction of sp³-hybridized carbons (Fsp3) is 0.591. The van der Waals surface area contributed by atoms with Crippen molar-refractivity contribution in [3.8, 4) is 11.5 Å². The van der Waals surface area contributed by atoms with Crippen LogP contribution in [-0.4, -0.2) is 62.7 Å². The van der Waals surface area contributed by atoms with Crippen molar-refractivity contribution in [2.45, 2.75) is 69.2 Å². The lowest BCUT2D eigenvalue weighted by Gasteiger charge is -2.51. The van der Waals surface area contributed by atoms with E-state index in [2.05, 4.69) is 5.32 Å². The Kier molecular flexibility index (Phi) is 6.45. The largest absolute Gasteiger partial charge is 0.493 e. The zero-order valence-corrected chi connectivity index (χ0v) is 19.4. The number of β-lactam (4-membered cyclic amide) rings is 1. The highest BCUT2D eigenvalue weighted by molar-refractivity contribution is 8.01. The summed E-state index contributed by atoms with van der Waals surface area (Å²) < 4.78 is 10.9. The van der Waals surface area contributed by atoms with Crippen molar-refractivity contribution in [1.82, 2.24) is 10.2 Å². The first kappa shape index (κ1) is 23.2. The Hall–Kier alpha value is -2.42. The first-order valence-electron chi connectivity index (χ1n) is 10.5. The molecule has 2 N–H and O–H groups in total. The van der Waals surface area contributed by atoms with Gasteiger partial charge in [-0.2, -0.15) is 0 Å². The maximum Gasteiger partial charge on any atom is 0.327 e. The summed E-state index contributed by atoms with van der Waals surface area (Å²) in [5.41, 5.74) is -0.975. The minimum Gasteiger partial charge on any atom is -0.493 e. The van der Waals surface area contributed by atoms with E-state index < -0.39 is 39.5 Å².